The van der Waals surface area contributed by atoms with Crippen molar-refractivity contribution in [2.45, 2.75) is 45.8 Å². The first-order valence-corrected chi connectivity index (χ1v) is 4.00. The fourth-order valence-corrected chi connectivity index (χ4v) is 0.527. The van der Waals surface area contributed by atoms with Gasteiger partial charge in [0.2, 0.25) is 0 Å². The number of carbonyl (C=O) groups excluding carboxylic acids is 1. The second-order valence-corrected chi connectivity index (χ2v) is 2.58. The van der Waals surface area contributed by atoms with Gasteiger partial charge in [-0.25, -0.2) is 4.79 Å². The van der Waals surface area contributed by atoms with Gasteiger partial charge in [0.25, 0.3) is 0 Å². The molecule has 3 heteroatoms. The summed E-state index contributed by atoms with van der Waals surface area (Å²) in [6.07, 6.45) is 0.143. The number of carbonyl (C=O) groups is 1. The summed E-state index contributed by atoms with van der Waals surface area (Å²) in [5, 5.41) is 9.00. The maximum Gasteiger partial charge on any atom is 0.335 e. The first-order valence-electron chi connectivity index (χ1n) is 4.00. The molecule has 1 N–H and O–H groups in total. The predicted molar refractivity (Wildman–Crippen MR) is 42.1 cm³/mol. The number of aliphatic hydroxyl groups excluding tert-OH is 1. The van der Waals surface area contributed by atoms with Gasteiger partial charge >= 0.3 is 5.97 Å². The second-order valence-electron chi connectivity index (χ2n) is 2.58. The Labute approximate surface area is 67.4 Å². The normalized spacial score (nSPS) is 15.6. The maximum absolute atomic E-state index is 10.9. The Morgan fingerprint density at radius 1 is 1.45 bits per heavy atom. The molecular weight excluding hydrogens is 144 g/mol. The summed E-state index contributed by atoms with van der Waals surface area (Å²) in [5.74, 6) is -0.512. The highest BCUT2D eigenvalue weighted by Crippen LogP contribution is 2.00. The Morgan fingerprint density at radius 3 is 2.36 bits per heavy atom. The van der Waals surface area contributed by atoms with Crippen LogP contribution in [-0.2, 0) is 9.53 Å². The van der Waals surface area contributed by atoms with Crippen molar-refractivity contribution in [2.75, 3.05) is 0 Å². The Kier molecular flexibility index (Phi) is 4.86. The van der Waals surface area contributed by atoms with E-state index in [1.54, 1.807) is 13.8 Å². The van der Waals surface area contributed by atoms with Crippen LogP contribution in [0.25, 0.3) is 0 Å². The van der Waals surface area contributed by atoms with Crippen molar-refractivity contribution < 1.29 is 14.6 Å². The van der Waals surface area contributed by atoms with Crippen LogP contribution in [0.5, 0.6) is 0 Å². The molecule has 0 rings (SSSR count). The lowest BCUT2D eigenvalue weighted by Crippen LogP contribution is -2.25. The van der Waals surface area contributed by atoms with Crippen LogP contribution in [0.2, 0.25) is 0 Å². The van der Waals surface area contributed by atoms with Crippen molar-refractivity contribution in [2.24, 2.45) is 0 Å². The highest BCUT2D eigenvalue weighted by Gasteiger charge is 2.15. The summed E-state index contributed by atoms with van der Waals surface area (Å²) in [7, 11) is 0. The van der Waals surface area contributed by atoms with Gasteiger partial charge in [0.15, 0.2) is 6.10 Å². The molecule has 0 aliphatic heterocycles. The third-order valence-electron chi connectivity index (χ3n) is 1.55. The number of rotatable bonds is 4. The molecule has 0 fully saturated rings. The fourth-order valence-electron chi connectivity index (χ4n) is 0.527. The molecule has 0 aromatic heterocycles. The molecule has 2 unspecified atom stereocenters. The van der Waals surface area contributed by atoms with Crippen molar-refractivity contribution in [3.63, 3.8) is 0 Å². The highest BCUT2D eigenvalue weighted by molar-refractivity contribution is 5.74. The van der Waals surface area contributed by atoms with Gasteiger partial charge in [-0.15, -0.1) is 0 Å². The molecular formula is C8H16O3. The zero-order valence-electron chi connectivity index (χ0n) is 7.33. The summed E-state index contributed by atoms with van der Waals surface area (Å²) in [6, 6.07) is 0. The minimum atomic E-state index is -0.955. The molecule has 0 aromatic rings. The maximum atomic E-state index is 10.9. The molecule has 0 aromatic carbocycles. The van der Waals surface area contributed by atoms with E-state index in [1.165, 1.54) is 0 Å². The van der Waals surface area contributed by atoms with E-state index in [4.69, 9.17) is 9.84 Å². The summed E-state index contributed by atoms with van der Waals surface area (Å²) < 4.78 is 4.86. The summed E-state index contributed by atoms with van der Waals surface area (Å²) in [4.78, 5) is 10.9. The lowest BCUT2D eigenvalue weighted by Gasteiger charge is -2.13. The molecule has 0 heterocycles. The van der Waals surface area contributed by atoms with E-state index < -0.39 is 12.1 Å². The van der Waals surface area contributed by atoms with Crippen LogP contribution in [0.3, 0.4) is 0 Å². The van der Waals surface area contributed by atoms with E-state index in [2.05, 4.69) is 0 Å². The minimum Gasteiger partial charge on any atom is -0.461 e. The zero-order valence-corrected chi connectivity index (χ0v) is 7.33. The molecule has 2 atom stereocenters. The van der Waals surface area contributed by atoms with Gasteiger partial charge < -0.3 is 9.84 Å². The predicted octanol–water partition coefficient (Wildman–Crippen LogP) is 1.10. The zero-order chi connectivity index (χ0) is 8.85. The second kappa shape index (κ2) is 5.13. The van der Waals surface area contributed by atoms with E-state index in [1.807, 2.05) is 6.92 Å². The van der Waals surface area contributed by atoms with Crippen molar-refractivity contribution in [1.82, 2.24) is 0 Å². The summed E-state index contributed by atoms with van der Waals surface area (Å²) in [5.41, 5.74) is 0. The lowest BCUT2D eigenvalue weighted by molar-refractivity contribution is -0.158. The van der Waals surface area contributed by atoms with Gasteiger partial charge in [0.1, 0.15) is 0 Å². The highest BCUT2D eigenvalue weighted by atomic mass is 16.6. The Balaban J connectivity index is 3.68. The van der Waals surface area contributed by atoms with Crippen molar-refractivity contribution >= 4 is 5.97 Å². The topological polar surface area (TPSA) is 46.5 Å². The Hall–Kier alpha value is -0.570. The average Bonchev–Trinajstić information content (AvgIpc) is 2.02. The molecule has 0 bridgehead atoms. The molecule has 0 aliphatic carbocycles. The first-order chi connectivity index (χ1) is 5.11. The molecule has 0 aliphatic rings. The standard InChI is InChI=1S/C8H16O3/c1-4-6(3)11-8(10)7(9)5-2/h6-7,9H,4-5H2,1-3H3. The molecule has 0 saturated carbocycles. The van der Waals surface area contributed by atoms with Crippen molar-refractivity contribution in [3.8, 4) is 0 Å². The summed E-state index contributed by atoms with van der Waals surface area (Å²) >= 11 is 0. The Bertz CT molecular complexity index is 123. The van der Waals surface area contributed by atoms with Crippen molar-refractivity contribution in [3.05, 3.63) is 0 Å². The van der Waals surface area contributed by atoms with Crippen LogP contribution in [0.4, 0.5) is 0 Å². The first kappa shape index (κ1) is 10.4. The number of esters is 1. The van der Waals surface area contributed by atoms with E-state index in [0.29, 0.717) is 6.42 Å². The van der Waals surface area contributed by atoms with E-state index in [-0.39, 0.29) is 6.10 Å². The molecule has 0 amide bonds. The minimum absolute atomic E-state index is 0.0938. The van der Waals surface area contributed by atoms with Crippen LogP contribution < -0.4 is 0 Å². The van der Waals surface area contributed by atoms with Gasteiger partial charge in [-0.2, -0.15) is 0 Å². The number of aliphatic hydroxyl groups is 1. The molecule has 3 nitrogen and oxygen atoms in total. The third-order valence-corrected chi connectivity index (χ3v) is 1.55. The molecule has 0 saturated heterocycles. The number of hydrogen-bond acceptors (Lipinski definition) is 3. The smallest absolute Gasteiger partial charge is 0.335 e. The molecule has 66 valence electrons. The van der Waals surface area contributed by atoms with Crippen molar-refractivity contribution in [1.29, 1.82) is 0 Å². The molecule has 0 radical (unpaired) electrons. The van der Waals surface area contributed by atoms with Gasteiger partial charge in [0, 0.05) is 0 Å². The number of hydrogen-bond donors (Lipinski definition) is 1. The SMILES string of the molecule is CCC(C)OC(=O)C(O)CC. The molecule has 11 heavy (non-hydrogen) atoms. The average molecular weight is 160 g/mol. The van der Waals surface area contributed by atoms with Crippen LogP contribution >= 0.6 is 0 Å². The van der Waals surface area contributed by atoms with Crippen LogP contribution in [-0.4, -0.2) is 23.3 Å². The fraction of sp³-hybridized carbons (Fsp3) is 0.875. The quantitative estimate of drug-likeness (QED) is 0.626. The third kappa shape index (κ3) is 3.98. The van der Waals surface area contributed by atoms with E-state index >= 15 is 0 Å². The van der Waals surface area contributed by atoms with Crippen LogP contribution in [0.15, 0.2) is 0 Å². The van der Waals surface area contributed by atoms with Crippen LogP contribution in [0, 0.1) is 0 Å². The van der Waals surface area contributed by atoms with Gasteiger partial charge in [-0.3, -0.25) is 0 Å². The summed E-state index contributed by atoms with van der Waals surface area (Å²) in [6.45, 7) is 5.47. The van der Waals surface area contributed by atoms with E-state index in [9.17, 15) is 4.79 Å². The number of ether oxygens (including phenoxy) is 1. The Morgan fingerprint density at radius 2 is 2.00 bits per heavy atom. The van der Waals surface area contributed by atoms with Gasteiger partial charge in [-0.05, 0) is 19.8 Å². The largest absolute Gasteiger partial charge is 0.461 e. The van der Waals surface area contributed by atoms with Gasteiger partial charge in [0.05, 0.1) is 6.10 Å². The lowest BCUT2D eigenvalue weighted by atomic mass is 10.3. The molecule has 0 spiro atoms. The van der Waals surface area contributed by atoms with E-state index in [0.717, 1.165) is 6.42 Å². The van der Waals surface area contributed by atoms with Gasteiger partial charge in [-0.1, -0.05) is 13.8 Å². The monoisotopic (exact) mass is 160 g/mol. The van der Waals surface area contributed by atoms with Crippen LogP contribution in [0.1, 0.15) is 33.6 Å².